The second-order valence-corrected chi connectivity index (χ2v) is 9.63. The Morgan fingerprint density at radius 2 is 1.76 bits per heavy atom. The highest BCUT2D eigenvalue weighted by Gasteiger charge is 2.09. The van der Waals surface area contributed by atoms with Crippen LogP contribution in [0.2, 0.25) is 0 Å². The summed E-state index contributed by atoms with van der Waals surface area (Å²) in [5.74, 6) is 2.26. The molecule has 0 bridgehead atoms. The van der Waals surface area contributed by atoms with Gasteiger partial charge in [-0.15, -0.1) is 10.2 Å². The van der Waals surface area contributed by atoms with Crippen LogP contribution in [0.25, 0.3) is 5.65 Å². The summed E-state index contributed by atoms with van der Waals surface area (Å²) in [6.07, 6.45) is 0. The number of hydrogen-bond acceptors (Lipinski definition) is 8. The highest BCUT2D eigenvalue weighted by atomic mass is 32.2. The molecule has 0 fully saturated rings. The predicted molar refractivity (Wildman–Crippen MR) is 118 cm³/mol. The van der Waals surface area contributed by atoms with Gasteiger partial charge in [-0.1, -0.05) is 53.1 Å². The maximum absolute atomic E-state index is 12.4. The standard InChI is InChI=1S/C20H18N4O2S3/c1-13-4-3-5-17-21-15(10-18(25)24(13)17)12-28-20-23-22-19(29-20)27-11-14-6-8-16(26-2)9-7-14/h3-10H,11-12H2,1-2H3. The van der Waals surface area contributed by atoms with E-state index in [9.17, 15) is 4.79 Å². The van der Waals surface area contributed by atoms with Crippen molar-refractivity contribution in [1.29, 1.82) is 0 Å². The molecule has 0 saturated carbocycles. The van der Waals surface area contributed by atoms with E-state index in [4.69, 9.17) is 4.74 Å². The molecule has 0 atom stereocenters. The number of rotatable bonds is 7. The molecule has 3 aromatic heterocycles. The predicted octanol–water partition coefficient (Wildman–Crippen LogP) is 4.45. The van der Waals surface area contributed by atoms with E-state index in [1.54, 1.807) is 52.4 Å². The lowest BCUT2D eigenvalue weighted by molar-refractivity contribution is 0.414. The van der Waals surface area contributed by atoms with Crippen LogP contribution in [0.3, 0.4) is 0 Å². The Morgan fingerprint density at radius 3 is 2.48 bits per heavy atom. The number of aryl methyl sites for hydroxylation is 1. The monoisotopic (exact) mass is 442 g/mol. The fourth-order valence-corrected chi connectivity index (χ4v) is 5.62. The van der Waals surface area contributed by atoms with Gasteiger partial charge in [0.2, 0.25) is 0 Å². The second-order valence-electron chi connectivity index (χ2n) is 6.21. The molecule has 0 amide bonds. The maximum atomic E-state index is 12.4. The van der Waals surface area contributed by atoms with Gasteiger partial charge in [-0.2, -0.15) is 0 Å². The molecular formula is C20H18N4O2S3. The van der Waals surface area contributed by atoms with E-state index in [0.717, 1.165) is 31.6 Å². The van der Waals surface area contributed by atoms with Gasteiger partial charge >= 0.3 is 0 Å². The fraction of sp³-hybridized carbons (Fsp3) is 0.200. The van der Waals surface area contributed by atoms with Crippen molar-refractivity contribution in [2.75, 3.05) is 7.11 Å². The summed E-state index contributed by atoms with van der Waals surface area (Å²) >= 11 is 4.76. The number of benzene rings is 1. The first-order valence-electron chi connectivity index (χ1n) is 8.83. The van der Waals surface area contributed by atoms with Crippen LogP contribution >= 0.6 is 34.9 Å². The van der Waals surface area contributed by atoms with E-state index in [-0.39, 0.29) is 5.56 Å². The lowest BCUT2D eigenvalue weighted by Crippen LogP contribution is -2.17. The van der Waals surface area contributed by atoms with Gasteiger partial charge in [0.15, 0.2) is 8.68 Å². The Morgan fingerprint density at radius 1 is 1.03 bits per heavy atom. The van der Waals surface area contributed by atoms with E-state index >= 15 is 0 Å². The van der Waals surface area contributed by atoms with Crippen LogP contribution in [-0.4, -0.2) is 26.7 Å². The average Bonchev–Trinajstić information content (AvgIpc) is 3.19. The van der Waals surface area contributed by atoms with Gasteiger partial charge < -0.3 is 4.74 Å². The number of hydrogen-bond donors (Lipinski definition) is 0. The third kappa shape index (κ3) is 4.80. The topological polar surface area (TPSA) is 69.4 Å². The molecule has 0 aliphatic heterocycles. The van der Waals surface area contributed by atoms with Crippen LogP contribution in [0.5, 0.6) is 5.75 Å². The van der Waals surface area contributed by atoms with Crippen LogP contribution < -0.4 is 10.3 Å². The molecule has 9 heteroatoms. The van der Waals surface area contributed by atoms with Gasteiger partial charge in [0.1, 0.15) is 11.4 Å². The maximum Gasteiger partial charge on any atom is 0.258 e. The number of methoxy groups -OCH3 is 1. The second kappa shape index (κ2) is 8.98. The molecule has 29 heavy (non-hydrogen) atoms. The zero-order chi connectivity index (χ0) is 20.2. The zero-order valence-electron chi connectivity index (χ0n) is 15.9. The number of nitrogens with zero attached hydrogens (tertiary/aromatic N) is 4. The SMILES string of the molecule is COc1ccc(CSc2nnc(SCc3cc(=O)n4c(C)cccc4n3)s2)cc1. The van der Waals surface area contributed by atoms with Crippen molar-refractivity contribution in [3.05, 3.63) is 75.8 Å². The van der Waals surface area contributed by atoms with Crippen molar-refractivity contribution in [1.82, 2.24) is 19.6 Å². The van der Waals surface area contributed by atoms with Crippen molar-refractivity contribution < 1.29 is 4.74 Å². The smallest absolute Gasteiger partial charge is 0.258 e. The molecule has 0 aliphatic rings. The van der Waals surface area contributed by atoms with Gasteiger partial charge in [-0.05, 0) is 36.8 Å². The average molecular weight is 443 g/mol. The Kier molecular flexibility index (Phi) is 6.17. The largest absolute Gasteiger partial charge is 0.497 e. The third-order valence-electron chi connectivity index (χ3n) is 4.19. The van der Waals surface area contributed by atoms with Gasteiger partial charge in [0, 0.05) is 23.3 Å². The minimum Gasteiger partial charge on any atom is -0.497 e. The summed E-state index contributed by atoms with van der Waals surface area (Å²) in [6, 6.07) is 15.3. The summed E-state index contributed by atoms with van der Waals surface area (Å²) in [5.41, 5.74) is 3.43. The normalized spacial score (nSPS) is 11.1. The molecule has 4 aromatic rings. The van der Waals surface area contributed by atoms with Crippen LogP contribution in [0.15, 0.2) is 62.0 Å². The molecule has 0 aliphatic carbocycles. The number of pyridine rings is 1. The van der Waals surface area contributed by atoms with Gasteiger partial charge in [0.05, 0.1) is 12.8 Å². The first kappa shape index (κ1) is 19.9. The number of fused-ring (bicyclic) bond motifs is 1. The molecule has 148 valence electrons. The van der Waals surface area contributed by atoms with Crippen molar-refractivity contribution in [2.45, 2.75) is 27.1 Å². The van der Waals surface area contributed by atoms with Crippen LogP contribution in [-0.2, 0) is 11.5 Å². The number of ether oxygens (including phenoxy) is 1. The summed E-state index contributed by atoms with van der Waals surface area (Å²) in [5, 5.41) is 8.51. The Labute approximate surface area is 180 Å². The zero-order valence-corrected chi connectivity index (χ0v) is 18.3. The van der Waals surface area contributed by atoms with Crippen LogP contribution in [0.1, 0.15) is 17.0 Å². The van der Waals surface area contributed by atoms with Crippen molar-refractivity contribution in [3.8, 4) is 5.75 Å². The third-order valence-corrected chi connectivity index (χ3v) is 7.48. The summed E-state index contributed by atoms with van der Waals surface area (Å²) in [4.78, 5) is 17.0. The number of aromatic nitrogens is 4. The molecule has 0 radical (unpaired) electrons. The van der Waals surface area contributed by atoms with E-state index < -0.39 is 0 Å². The minimum atomic E-state index is -0.0586. The van der Waals surface area contributed by atoms with E-state index in [2.05, 4.69) is 15.2 Å². The molecule has 1 aromatic carbocycles. The highest BCUT2D eigenvalue weighted by molar-refractivity contribution is 8.02. The van der Waals surface area contributed by atoms with Crippen molar-refractivity contribution in [3.63, 3.8) is 0 Å². The molecular weight excluding hydrogens is 424 g/mol. The Hall–Kier alpha value is -2.36. The lowest BCUT2D eigenvalue weighted by Gasteiger charge is -2.05. The van der Waals surface area contributed by atoms with Crippen molar-refractivity contribution >= 4 is 40.5 Å². The Balaban J connectivity index is 1.38. The molecule has 0 saturated heterocycles. The molecule has 6 nitrogen and oxygen atoms in total. The van der Waals surface area contributed by atoms with Crippen molar-refractivity contribution in [2.24, 2.45) is 0 Å². The van der Waals surface area contributed by atoms with Crippen LogP contribution in [0.4, 0.5) is 0 Å². The first-order valence-corrected chi connectivity index (χ1v) is 11.6. The molecule has 4 rings (SSSR count). The molecule has 3 heterocycles. The summed E-state index contributed by atoms with van der Waals surface area (Å²) in [6.45, 7) is 1.90. The first-order chi connectivity index (χ1) is 14.1. The Bertz CT molecular complexity index is 1190. The molecule has 0 unspecified atom stereocenters. The fourth-order valence-electron chi connectivity index (χ4n) is 2.75. The van der Waals surface area contributed by atoms with E-state index in [1.165, 1.54) is 5.56 Å². The quantitative estimate of drug-likeness (QED) is 0.392. The van der Waals surface area contributed by atoms with Crippen LogP contribution in [0, 0.1) is 6.92 Å². The lowest BCUT2D eigenvalue weighted by atomic mass is 10.2. The molecule has 0 N–H and O–H groups in total. The van der Waals surface area contributed by atoms with E-state index in [0.29, 0.717) is 11.4 Å². The highest BCUT2D eigenvalue weighted by Crippen LogP contribution is 2.32. The summed E-state index contributed by atoms with van der Waals surface area (Å²) < 4.78 is 8.59. The molecule has 0 spiro atoms. The number of thioether (sulfide) groups is 2. The van der Waals surface area contributed by atoms with Gasteiger partial charge in [0.25, 0.3) is 5.56 Å². The van der Waals surface area contributed by atoms with E-state index in [1.807, 2.05) is 49.4 Å². The van der Waals surface area contributed by atoms with Gasteiger partial charge in [-0.3, -0.25) is 9.20 Å². The van der Waals surface area contributed by atoms with Gasteiger partial charge in [-0.25, -0.2) is 4.98 Å². The minimum absolute atomic E-state index is 0.0586. The summed E-state index contributed by atoms with van der Waals surface area (Å²) in [7, 11) is 1.66.